The fourth-order valence-electron chi connectivity index (χ4n) is 0.970. The van der Waals surface area contributed by atoms with Gasteiger partial charge in [0.2, 0.25) is 0 Å². The van der Waals surface area contributed by atoms with Crippen LogP contribution >= 0.6 is 31.8 Å². The first kappa shape index (κ1) is 12.4. The Morgan fingerprint density at radius 3 is 2.38 bits per heavy atom. The van der Waals surface area contributed by atoms with Crippen LogP contribution in [0.3, 0.4) is 0 Å². The molecule has 1 rings (SSSR count). The van der Waals surface area contributed by atoms with E-state index in [1.165, 1.54) is 10.4 Å². The largest absolute Gasteiger partial charge is 0.317 e. The molecule has 3 nitrogen and oxygen atoms in total. The zero-order chi connectivity index (χ0) is 9.90. The van der Waals surface area contributed by atoms with Gasteiger partial charge in [0.25, 0.3) is 6.64 Å². The number of hydrogen-bond acceptors (Lipinski definition) is 4. The van der Waals surface area contributed by atoms with Gasteiger partial charge >= 0.3 is 0 Å². The zero-order valence-electron chi connectivity index (χ0n) is 7.60. The molecule has 0 aliphatic carbocycles. The molecular weight excluding hydrogens is 293 g/mol. The first-order valence-corrected chi connectivity index (χ1v) is 9.28. The zero-order valence-corrected chi connectivity index (χ0v) is 11.7. The third-order valence-electron chi connectivity index (χ3n) is 1.55. The summed E-state index contributed by atoms with van der Waals surface area (Å²) < 4.78 is 13.1. The number of rotatable bonds is 3. The molecule has 0 saturated carbocycles. The highest BCUT2D eigenvalue weighted by atomic mass is 79.9. The van der Waals surface area contributed by atoms with Gasteiger partial charge in [-0.25, -0.2) is 0 Å². The SMILES string of the molecule is CC(C)N(SBr)P1(=S)OCCCO1. The van der Waals surface area contributed by atoms with Crippen LogP contribution in [0.2, 0.25) is 0 Å². The second kappa shape index (κ2) is 5.45. The van der Waals surface area contributed by atoms with E-state index in [9.17, 15) is 0 Å². The molecule has 0 aromatic rings. The van der Waals surface area contributed by atoms with Crippen LogP contribution in [0.5, 0.6) is 0 Å². The fourth-order valence-corrected chi connectivity index (χ4v) is 7.92. The molecule has 0 spiro atoms. The average Bonchev–Trinajstić information content (AvgIpc) is 2.05. The highest BCUT2D eigenvalue weighted by molar-refractivity contribution is 9.50. The topological polar surface area (TPSA) is 21.7 Å². The Hall–Kier alpha value is 1.36. The van der Waals surface area contributed by atoms with Crippen molar-refractivity contribution < 1.29 is 9.05 Å². The molecule has 0 N–H and O–H groups in total. The van der Waals surface area contributed by atoms with E-state index in [1.54, 1.807) is 0 Å². The van der Waals surface area contributed by atoms with E-state index in [0.717, 1.165) is 6.42 Å². The highest BCUT2D eigenvalue weighted by Crippen LogP contribution is 2.59. The standard InChI is InChI=1S/C6H13BrNO2PS2/c1-6(2)8(13-7)11(12)9-4-3-5-10-11/h6H,3-5H2,1-2H3. The molecular formula is C6H13BrNO2PS2. The minimum Gasteiger partial charge on any atom is -0.317 e. The highest BCUT2D eigenvalue weighted by Gasteiger charge is 2.33. The third kappa shape index (κ3) is 3.16. The molecule has 0 bridgehead atoms. The molecule has 1 aliphatic rings. The normalized spacial score (nSPS) is 22.5. The smallest absolute Gasteiger partial charge is 0.274 e. The first-order valence-electron chi connectivity index (χ1n) is 4.07. The maximum atomic E-state index is 5.56. The molecule has 0 radical (unpaired) electrons. The van der Waals surface area contributed by atoms with Gasteiger partial charge in [-0.1, -0.05) is 0 Å². The van der Waals surface area contributed by atoms with E-state index in [-0.39, 0.29) is 0 Å². The summed E-state index contributed by atoms with van der Waals surface area (Å²) in [6, 6.07) is 0.313. The lowest BCUT2D eigenvalue weighted by atomic mass is 10.4. The monoisotopic (exact) mass is 305 g/mol. The van der Waals surface area contributed by atoms with Crippen LogP contribution in [0.4, 0.5) is 0 Å². The van der Waals surface area contributed by atoms with Gasteiger partial charge in [0.05, 0.1) is 13.2 Å². The molecule has 13 heavy (non-hydrogen) atoms. The molecule has 1 heterocycles. The van der Waals surface area contributed by atoms with Crippen molar-refractivity contribution in [2.45, 2.75) is 26.3 Å². The van der Waals surface area contributed by atoms with Crippen LogP contribution in [-0.4, -0.2) is 23.3 Å². The van der Waals surface area contributed by atoms with Crippen molar-refractivity contribution in [1.29, 1.82) is 0 Å². The molecule has 1 saturated heterocycles. The van der Waals surface area contributed by atoms with Crippen LogP contribution in [0.15, 0.2) is 0 Å². The predicted octanol–water partition coefficient (Wildman–Crippen LogP) is 3.32. The molecule has 1 aliphatic heterocycles. The van der Waals surface area contributed by atoms with Crippen molar-refractivity contribution in [1.82, 2.24) is 4.08 Å². The lowest BCUT2D eigenvalue weighted by Crippen LogP contribution is -2.25. The molecule has 0 unspecified atom stereocenters. The predicted molar refractivity (Wildman–Crippen MR) is 64.3 cm³/mol. The first-order chi connectivity index (χ1) is 6.10. The van der Waals surface area contributed by atoms with E-state index in [1.807, 2.05) is 4.08 Å². The summed E-state index contributed by atoms with van der Waals surface area (Å²) in [4.78, 5) is 0. The summed E-state index contributed by atoms with van der Waals surface area (Å²) in [5.41, 5.74) is 0. The van der Waals surface area contributed by atoms with Crippen LogP contribution in [0.25, 0.3) is 0 Å². The Kier molecular flexibility index (Phi) is 5.21. The molecule has 0 aromatic heterocycles. The van der Waals surface area contributed by atoms with Crippen molar-refractivity contribution in [3.63, 3.8) is 0 Å². The quantitative estimate of drug-likeness (QED) is 0.587. The second-order valence-corrected chi connectivity index (χ2v) is 7.89. The van der Waals surface area contributed by atoms with Crippen molar-refractivity contribution in [2.75, 3.05) is 13.2 Å². The summed E-state index contributed by atoms with van der Waals surface area (Å²) in [6.45, 7) is 3.38. The fraction of sp³-hybridized carbons (Fsp3) is 1.00. The van der Waals surface area contributed by atoms with E-state index in [0.29, 0.717) is 19.3 Å². The Bertz CT molecular complexity index is 207. The summed E-state index contributed by atoms with van der Waals surface area (Å²) in [7, 11) is 1.42. The van der Waals surface area contributed by atoms with Crippen LogP contribution < -0.4 is 0 Å². The molecule has 78 valence electrons. The van der Waals surface area contributed by atoms with Gasteiger partial charge in [0.1, 0.15) is 0 Å². The molecule has 1 fully saturated rings. The van der Waals surface area contributed by atoms with Gasteiger partial charge in [0, 0.05) is 31.2 Å². The van der Waals surface area contributed by atoms with Crippen LogP contribution in [0, 0.1) is 0 Å². The third-order valence-corrected chi connectivity index (χ3v) is 8.04. The van der Waals surface area contributed by atoms with Crippen molar-refractivity contribution in [3.05, 3.63) is 0 Å². The van der Waals surface area contributed by atoms with Crippen molar-refractivity contribution in [2.24, 2.45) is 0 Å². The summed E-state index contributed by atoms with van der Waals surface area (Å²) in [5, 5.41) is 0. The molecule has 0 aromatic carbocycles. The average molecular weight is 306 g/mol. The number of hydrogen-bond donors (Lipinski definition) is 0. The van der Waals surface area contributed by atoms with Crippen molar-refractivity contribution in [3.8, 4) is 0 Å². The molecule has 0 atom stereocenters. The Labute approximate surface area is 96.1 Å². The summed E-state index contributed by atoms with van der Waals surface area (Å²) in [5.74, 6) is 0. The van der Waals surface area contributed by atoms with Gasteiger partial charge in [0.15, 0.2) is 0 Å². The van der Waals surface area contributed by atoms with Crippen LogP contribution in [0.1, 0.15) is 20.3 Å². The summed E-state index contributed by atoms with van der Waals surface area (Å²) in [6.07, 6.45) is 0.942. The Morgan fingerprint density at radius 2 is 2.00 bits per heavy atom. The van der Waals surface area contributed by atoms with Gasteiger partial charge in [-0.2, -0.15) is 4.08 Å². The van der Waals surface area contributed by atoms with Gasteiger partial charge in [-0.15, -0.1) is 0 Å². The number of nitrogens with zero attached hydrogens (tertiary/aromatic N) is 1. The van der Waals surface area contributed by atoms with E-state index in [4.69, 9.17) is 20.9 Å². The molecule has 0 amide bonds. The van der Waals surface area contributed by atoms with Gasteiger partial charge < -0.3 is 9.05 Å². The van der Waals surface area contributed by atoms with E-state index >= 15 is 0 Å². The Balaban J connectivity index is 2.69. The van der Waals surface area contributed by atoms with Crippen molar-refractivity contribution >= 4 is 43.6 Å². The van der Waals surface area contributed by atoms with Gasteiger partial charge in [-0.3, -0.25) is 0 Å². The number of halogens is 1. The van der Waals surface area contributed by atoms with Crippen LogP contribution in [-0.2, 0) is 20.9 Å². The minimum atomic E-state index is -2.20. The van der Waals surface area contributed by atoms with E-state index < -0.39 is 6.64 Å². The minimum absolute atomic E-state index is 0.313. The van der Waals surface area contributed by atoms with Gasteiger partial charge in [-0.05, 0) is 32.1 Å². The summed E-state index contributed by atoms with van der Waals surface area (Å²) >= 11 is 8.72. The second-order valence-electron chi connectivity index (χ2n) is 2.95. The maximum Gasteiger partial charge on any atom is 0.274 e. The lowest BCUT2D eigenvalue weighted by Gasteiger charge is -2.35. The van der Waals surface area contributed by atoms with E-state index in [2.05, 4.69) is 28.7 Å². The Morgan fingerprint density at radius 1 is 1.46 bits per heavy atom. The lowest BCUT2D eigenvalue weighted by molar-refractivity contribution is 0.159. The maximum absolute atomic E-state index is 5.56. The molecule has 7 heteroatoms.